The third-order valence-corrected chi connectivity index (χ3v) is 7.19. The minimum Gasteiger partial charge on any atom is -0.304 e. The van der Waals surface area contributed by atoms with Gasteiger partial charge in [-0.2, -0.15) is 0 Å². The second kappa shape index (κ2) is 20.7. The van der Waals surface area contributed by atoms with E-state index in [9.17, 15) is 0 Å². The van der Waals surface area contributed by atoms with Crippen LogP contribution >= 0.6 is 0 Å². The predicted molar refractivity (Wildman–Crippen MR) is 145 cm³/mol. The number of nitrogens with zero attached hydrogens (tertiary/aromatic N) is 2. The Kier molecular flexibility index (Phi) is 18.9. The SMILES string of the molecule is CCN(CC)CCCCCCCCc1ccc(CCCCCCCCN(CC)CC)cc1. The van der Waals surface area contributed by atoms with Gasteiger partial charge < -0.3 is 9.80 Å². The molecule has 0 saturated carbocycles. The summed E-state index contributed by atoms with van der Waals surface area (Å²) < 4.78 is 0. The smallest absolute Gasteiger partial charge is 0.00190 e. The van der Waals surface area contributed by atoms with Crippen molar-refractivity contribution in [2.45, 2.75) is 118 Å². The summed E-state index contributed by atoms with van der Waals surface area (Å²) in [6.07, 6.45) is 19.2. The Morgan fingerprint density at radius 1 is 0.406 bits per heavy atom. The highest BCUT2D eigenvalue weighted by Crippen LogP contribution is 2.14. The Morgan fingerprint density at radius 3 is 1.00 bits per heavy atom. The maximum Gasteiger partial charge on any atom is -0.00190 e. The zero-order valence-corrected chi connectivity index (χ0v) is 22.3. The summed E-state index contributed by atoms with van der Waals surface area (Å²) in [6, 6.07) is 9.53. The minimum atomic E-state index is 1.20. The van der Waals surface area contributed by atoms with Crippen LogP contribution in [-0.4, -0.2) is 49.1 Å². The largest absolute Gasteiger partial charge is 0.304 e. The monoisotopic (exact) mass is 444 g/mol. The van der Waals surface area contributed by atoms with Crippen molar-refractivity contribution in [3.8, 4) is 0 Å². The Labute approximate surface area is 202 Å². The maximum absolute atomic E-state index is 2.54. The van der Waals surface area contributed by atoms with Gasteiger partial charge in [-0.1, -0.05) is 103 Å². The molecule has 1 rings (SSSR count). The van der Waals surface area contributed by atoms with Gasteiger partial charge in [0, 0.05) is 0 Å². The van der Waals surface area contributed by atoms with Crippen LogP contribution < -0.4 is 0 Å². The zero-order valence-electron chi connectivity index (χ0n) is 22.3. The molecule has 0 aliphatic heterocycles. The summed E-state index contributed by atoms with van der Waals surface area (Å²) in [5, 5.41) is 0. The van der Waals surface area contributed by atoms with Crippen LogP contribution in [0.3, 0.4) is 0 Å². The second-order valence-corrected chi connectivity index (χ2v) is 9.61. The van der Waals surface area contributed by atoms with Crippen LogP contribution in [-0.2, 0) is 12.8 Å². The third-order valence-electron chi connectivity index (χ3n) is 7.19. The van der Waals surface area contributed by atoms with Crippen LogP contribution in [0.5, 0.6) is 0 Å². The minimum absolute atomic E-state index is 1.20. The van der Waals surface area contributed by atoms with Gasteiger partial charge in [0.25, 0.3) is 0 Å². The Hall–Kier alpha value is -0.860. The van der Waals surface area contributed by atoms with E-state index < -0.39 is 0 Å². The molecule has 0 aliphatic carbocycles. The number of benzene rings is 1. The van der Waals surface area contributed by atoms with Crippen LogP contribution in [0.15, 0.2) is 24.3 Å². The number of aryl methyl sites for hydroxylation is 2. The second-order valence-electron chi connectivity index (χ2n) is 9.61. The van der Waals surface area contributed by atoms with Gasteiger partial charge in [0.05, 0.1) is 0 Å². The van der Waals surface area contributed by atoms with Crippen molar-refractivity contribution in [3.05, 3.63) is 35.4 Å². The molecule has 0 fully saturated rings. The molecule has 0 spiro atoms. The molecule has 0 bridgehead atoms. The molecule has 0 radical (unpaired) electrons. The molecule has 2 nitrogen and oxygen atoms in total. The lowest BCUT2D eigenvalue weighted by molar-refractivity contribution is 0.295. The topological polar surface area (TPSA) is 6.48 Å². The fraction of sp³-hybridized carbons (Fsp3) is 0.800. The molecule has 32 heavy (non-hydrogen) atoms. The van der Waals surface area contributed by atoms with Crippen LogP contribution in [0, 0.1) is 0 Å². The molecule has 0 amide bonds. The highest BCUT2D eigenvalue weighted by atomic mass is 15.1. The van der Waals surface area contributed by atoms with Crippen molar-refractivity contribution in [2.75, 3.05) is 39.3 Å². The molecule has 186 valence electrons. The summed E-state index contributed by atoms with van der Waals surface area (Å²) in [5.41, 5.74) is 3.06. The molecular weight excluding hydrogens is 388 g/mol. The molecule has 0 unspecified atom stereocenters. The molecule has 2 heteroatoms. The van der Waals surface area contributed by atoms with Gasteiger partial charge in [0.15, 0.2) is 0 Å². The summed E-state index contributed by atoms with van der Waals surface area (Å²) in [6.45, 7) is 16.5. The van der Waals surface area contributed by atoms with E-state index in [0.29, 0.717) is 0 Å². The summed E-state index contributed by atoms with van der Waals surface area (Å²) >= 11 is 0. The first-order valence-corrected chi connectivity index (χ1v) is 14.3. The van der Waals surface area contributed by atoms with E-state index in [4.69, 9.17) is 0 Å². The maximum atomic E-state index is 2.54. The van der Waals surface area contributed by atoms with Gasteiger partial charge in [0.2, 0.25) is 0 Å². The van der Waals surface area contributed by atoms with Crippen LogP contribution in [0.2, 0.25) is 0 Å². The lowest BCUT2D eigenvalue weighted by Gasteiger charge is -2.17. The Morgan fingerprint density at radius 2 is 0.688 bits per heavy atom. The first-order chi connectivity index (χ1) is 15.7. The van der Waals surface area contributed by atoms with E-state index in [2.05, 4.69) is 61.8 Å². The first-order valence-electron chi connectivity index (χ1n) is 14.3. The van der Waals surface area contributed by atoms with Crippen LogP contribution in [0.4, 0.5) is 0 Å². The van der Waals surface area contributed by atoms with Crippen LogP contribution in [0.25, 0.3) is 0 Å². The highest BCUT2D eigenvalue weighted by molar-refractivity contribution is 5.22. The molecule has 1 aromatic carbocycles. The average Bonchev–Trinajstić information content (AvgIpc) is 2.83. The van der Waals surface area contributed by atoms with E-state index in [1.807, 2.05) is 0 Å². The van der Waals surface area contributed by atoms with E-state index in [0.717, 1.165) is 0 Å². The Balaban J connectivity index is 1.97. The molecule has 0 aromatic heterocycles. The molecule has 0 heterocycles. The van der Waals surface area contributed by atoms with Gasteiger partial charge in [-0.25, -0.2) is 0 Å². The lowest BCUT2D eigenvalue weighted by Crippen LogP contribution is -2.23. The standard InChI is InChI=1S/C30H56N2/c1-5-31(6-2)27-19-15-11-9-13-17-21-29-23-25-30(26-24-29)22-18-14-10-12-16-20-28-32(7-3)8-4/h23-26H,5-22,27-28H2,1-4H3. The summed E-state index contributed by atoms with van der Waals surface area (Å²) in [4.78, 5) is 5.08. The van der Waals surface area contributed by atoms with Crippen molar-refractivity contribution < 1.29 is 0 Å². The molecular formula is C30H56N2. The normalized spacial score (nSPS) is 11.7. The zero-order chi connectivity index (χ0) is 23.3. The fourth-order valence-electron chi connectivity index (χ4n) is 4.70. The number of hydrogen-bond donors (Lipinski definition) is 0. The van der Waals surface area contributed by atoms with Gasteiger partial charge in [-0.15, -0.1) is 0 Å². The lowest BCUT2D eigenvalue weighted by atomic mass is 10.0. The molecule has 0 atom stereocenters. The fourth-order valence-corrected chi connectivity index (χ4v) is 4.70. The van der Waals surface area contributed by atoms with E-state index in [-0.39, 0.29) is 0 Å². The summed E-state index contributed by atoms with van der Waals surface area (Å²) in [5.74, 6) is 0. The highest BCUT2D eigenvalue weighted by Gasteiger charge is 2.01. The van der Waals surface area contributed by atoms with Gasteiger partial charge in [-0.3, -0.25) is 0 Å². The van der Waals surface area contributed by atoms with E-state index in [1.54, 1.807) is 0 Å². The number of rotatable bonds is 22. The number of unbranched alkanes of at least 4 members (excludes halogenated alkanes) is 10. The molecule has 0 N–H and O–H groups in total. The van der Waals surface area contributed by atoms with Crippen molar-refractivity contribution in [2.24, 2.45) is 0 Å². The molecule has 0 aliphatic rings. The Bertz CT molecular complexity index is 455. The molecule has 0 saturated heterocycles. The van der Waals surface area contributed by atoms with Crippen LogP contribution in [0.1, 0.15) is 116 Å². The van der Waals surface area contributed by atoms with Gasteiger partial charge in [-0.05, 0) is 88.9 Å². The number of hydrogen-bond acceptors (Lipinski definition) is 2. The first kappa shape index (κ1) is 29.2. The molecule has 1 aromatic rings. The van der Waals surface area contributed by atoms with Crippen molar-refractivity contribution in [3.63, 3.8) is 0 Å². The van der Waals surface area contributed by atoms with E-state index in [1.165, 1.54) is 140 Å². The van der Waals surface area contributed by atoms with Crippen molar-refractivity contribution in [1.82, 2.24) is 9.80 Å². The quantitative estimate of drug-likeness (QED) is 0.166. The predicted octanol–water partition coefficient (Wildman–Crippen LogP) is 8.14. The van der Waals surface area contributed by atoms with Crippen molar-refractivity contribution in [1.29, 1.82) is 0 Å². The average molecular weight is 445 g/mol. The van der Waals surface area contributed by atoms with Crippen molar-refractivity contribution >= 4 is 0 Å². The third kappa shape index (κ3) is 15.1. The summed E-state index contributed by atoms with van der Waals surface area (Å²) in [7, 11) is 0. The van der Waals surface area contributed by atoms with E-state index >= 15 is 0 Å². The van der Waals surface area contributed by atoms with Gasteiger partial charge in [0.1, 0.15) is 0 Å². The van der Waals surface area contributed by atoms with Gasteiger partial charge >= 0.3 is 0 Å².